The van der Waals surface area contributed by atoms with Crippen LogP contribution in [-0.2, 0) is 0 Å². The highest BCUT2D eigenvalue weighted by atomic mass is 79.9. The molecule has 0 fully saturated rings. The van der Waals surface area contributed by atoms with E-state index in [4.69, 9.17) is 13.9 Å². The predicted molar refractivity (Wildman–Crippen MR) is 138 cm³/mol. The second-order valence-electron chi connectivity index (χ2n) is 7.49. The third-order valence-corrected chi connectivity index (χ3v) is 5.84. The summed E-state index contributed by atoms with van der Waals surface area (Å²) in [6.07, 6.45) is 0.647. The van der Waals surface area contributed by atoms with Gasteiger partial charge in [-0.15, -0.1) is 0 Å². The summed E-state index contributed by atoms with van der Waals surface area (Å²) in [5.74, 6) is 0.780. The maximum absolute atomic E-state index is 13.2. The summed E-state index contributed by atoms with van der Waals surface area (Å²) in [6.45, 7) is 0. The Morgan fingerprint density at radius 1 is 0.771 bits per heavy atom. The van der Waals surface area contributed by atoms with E-state index < -0.39 is 6.09 Å². The highest BCUT2D eigenvalue weighted by Crippen LogP contribution is 2.30. The van der Waals surface area contributed by atoms with E-state index in [1.54, 1.807) is 24.3 Å². The van der Waals surface area contributed by atoms with E-state index in [0.29, 0.717) is 27.0 Å². The zero-order valence-corrected chi connectivity index (χ0v) is 19.8. The first-order valence-electron chi connectivity index (χ1n) is 10.7. The van der Waals surface area contributed by atoms with Gasteiger partial charge < -0.3 is 13.9 Å². The number of nitrogens with zero attached hydrogens (tertiary/aromatic N) is 1. The van der Waals surface area contributed by atoms with Crippen LogP contribution in [0.3, 0.4) is 0 Å². The number of anilines is 2. The molecule has 0 saturated carbocycles. The Hall–Kier alpha value is -4.36. The van der Waals surface area contributed by atoms with Crippen LogP contribution in [0.1, 0.15) is 0 Å². The van der Waals surface area contributed by atoms with Gasteiger partial charge in [0, 0.05) is 6.07 Å². The predicted octanol–water partition coefficient (Wildman–Crippen LogP) is 7.68. The molecule has 7 heteroatoms. The molecule has 1 amide bonds. The van der Waals surface area contributed by atoms with E-state index in [1.165, 1.54) is 17.2 Å². The van der Waals surface area contributed by atoms with E-state index in [-0.39, 0.29) is 22.5 Å². The maximum Gasteiger partial charge on any atom is 0.424 e. The molecule has 1 aromatic heterocycles. The van der Waals surface area contributed by atoms with E-state index in [2.05, 4.69) is 15.9 Å². The monoisotopic (exact) mass is 527 g/mol. The van der Waals surface area contributed by atoms with Crippen molar-refractivity contribution in [2.75, 3.05) is 4.90 Å². The van der Waals surface area contributed by atoms with Crippen LogP contribution in [0.5, 0.6) is 17.2 Å². The fourth-order valence-electron chi connectivity index (χ4n) is 3.53. The number of hydrogen-bond donors (Lipinski definition) is 0. The molecule has 5 rings (SSSR count). The van der Waals surface area contributed by atoms with Gasteiger partial charge in [0.05, 0.1) is 21.2 Å². The number of carbonyl (C=O) groups excluding carboxylic acids is 1. The molecule has 4 aromatic carbocycles. The van der Waals surface area contributed by atoms with Crippen LogP contribution in [-0.4, -0.2) is 6.09 Å². The van der Waals surface area contributed by atoms with Crippen molar-refractivity contribution in [3.63, 3.8) is 0 Å². The zero-order valence-electron chi connectivity index (χ0n) is 18.3. The van der Waals surface area contributed by atoms with Crippen molar-refractivity contribution in [2.24, 2.45) is 0 Å². The van der Waals surface area contributed by atoms with Crippen molar-refractivity contribution in [1.29, 1.82) is 0 Å². The number of amides is 1. The Kier molecular flexibility index (Phi) is 6.32. The standard InChI is InChI=1S/C28H18BrNO5/c29-23-13-7-8-14-24(23)35-26-18-33-25-17-21(15-16-22(25)27(26)31)34-28(32)30(19-9-3-1-4-10-19)20-11-5-2-6-12-20/h1-18H. The van der Waals surface area contributed by atoms with Crippen LogP contribution in [0.15, 0.2) is 123 Å². The Balaban J connectivity index is 1.43. The number of ether oxygens (including phenoxy) is 2. The van der Waals surface area contributed by atoms with E-state index in [1.807, 2.05) is 72.8 Å². The smallest absolute Gasteiger partial charge is 0.424 e. The number of carbonyl (C=O) groups is 1. The largest absolute Gasteiger partial charge is 0.460 e. The van der Waals surface area contributed by atoms with Gasteiger partial charge in [0.25, 0.3) is 0 Å². The zero-order chi connectivity index (χ0) is 24.2. The molecule has 0 atom stereocenters. The van der Waals surface area contributed by atoms with Crippen molar-refractivity contribution in [3.05, 3.63) is 124 Å². The Labute approximate surface area is 209 Å². The molecule has 0 unspecified atom stereocenters. The van der Waals surface area contributed by atoms with Gasteiger partial charge in [0.1, 0.15) is 23.3 Å². The second kappa shape index (κ2) is 9.87. The quantitative estimate of drug-likeness (QED) is 0.234. The maximum atomic E-state index is 13.2. The van der Waals surface area contributed by atoms with Crippen molar-refractivity contribution < 1.29 is 18.7 Å². The van der Waals surface area contributed by atoms with Gasteiger partial charge in [-0.3, -0.25) is 4.79 Å². The highest BCUT2D eigenvalue weighted by Gasteiger charge is 2.21. The summed E-state index contributed by atoms with van der Waals surface area (Å²) in [5, 5.41) is 0.303. The summed E-state index contributed by atoms with van der Waals surface area (Å²) >= 11 is 3.40. The van der Waals surface area contributed by atoms with Gasteiger partial charge in [-0.1, -0.05) is 48.5 Å². The number of para-hydroxylation sites is 3. The molecule has 0 aliphatic heterocycles. The van der Waals surface area contributed by atoms with Gasteiger partial charge >= 0.3 is 6.09 Å². The molecule has 1 heterocycles. The minimum absolute atomic E-state index is 0.0495. The number of benzene rings is 4. The molecule has 0 aliphatic rings. The lowest BCUT2D eigenvalue weighted by atomic mass is 10.2. The molecule has 0 spiro atoms. The molecule has 0 saturated heterocycles. The van der Waals surface area contributed by atoms with Gasteiger partial charge in [-0.2, -0.15) is 0 Å². The van der Waals surface area contributed by atoms with Crippen LogP contribution >= 0.6 is 15.9 Å². The van der Waals surface area contributed by atoms with Crippen LogP contribution in [0, 0.1) is 0 Å². The summed E-state index contributed by atoms with van der Waals surface area (Å²) in [6, 6.07) is 30.2. The van der Waals surface area contributed by atoms with Crippen molar-refractivity contribution in [1.82, 2.24) is 0 Å². The molecule has 0 radical (unpaired) electrons. The minimum Gasteiger partial charge on any atom is -0.460 e. The number of rotatable bonds is 5. The van der Waals surface area contributed by atoms with Gasteiger partial charge in [0.15, 0.2) is 0 Å². The lowest BCUT2D eigenvalue weighted by Gasteiger charge is -2.22. The average molecular weight is 528 g/mol. The first-order chi connectivity index (χ1) is 17.1. The summed E-state index contributed by atoms with van der Waals surface area (Å²) < 4.78 is 17.7. The molecule has 6 nitrogen and oxygen atoms in total. The Morgan fingerprint density at radius 3 is 2.06 bits per heavy atom. The lowest BCUT2D eigenvalue weighted by molar-refractivity contribution is 0.210. The fourth-order valence-corrected chi connectivity index (χ4v) is 3.90. The van der Waals surface area contributed by atoms with E-state index >= 15 is 0 Å². The second-order valence-corrected chi connectivity index (χ2v) is 8.35. The minimum atomic E-state index is -0.599. The van der Waals surface area contributed by atoms with Crippen LogP contribution in [0.25, 0.3) is 11.0 Å². The molecule has 172 valence electrons. The normalized spacial score (nSPS) is 10.7. The van der Waals surface area contributed by atoms with Crippen LogP contribution in [0.2, 0.25) is 0 Å². The van der Waals surface area contributed by atoms with Crippen LogP contribution < -0.4 is 19.8 Å². The molecule has 0 aliphatic carbocycles. The third-order valence-electron chi connectivity index (χ3n) is 5.19. The van der Waals surface area contributed by atoms with Gasteiger partial charge in [-0.25, -0.2) is 9.69 Å². The van der Waals surface area contributed by atoms with Crippen molar-refractivity contribution >= 4 is 44.4 Å². The van der Waals surface area contributed by atoms with E-state index in [9.17, 15) is 9.59 Å². The van der Waals surface area contributed by atoms with Crippen LogP contribution in [0.4, 0.5) is 16.2 Å². The number of halogens is 1. The fraction of sp³-hybridized carbons (Fsp3) is 0. The first kappa shape index (κ1) is 22.4. The Morgan fingerprint density at radius 2 is 1.40 bits per heavy atom. The molecular formula is C28H18BrNO5. The highest BCUT2D eigenvalue weighted by molar-refractivity contribution is 9.10. The SMILES string of the molecule is O=C(Oc1ccc2c(=O)c(Oc3ccccc3Br)coc2c1)N(c1ccccc1)c1ccccc1. The Bertz CT molecular complexity index is 1510. The molecule has 5 aromatic rings. The molecule has 0 N–H and O–H groups in total. The summed E-state index contributed by atoms with van der Waals surface area (Å²) in [5.41, 5.74) is 1.25. The molecule has 35 heavy (non-hydrogen) atoms. The molecular weight excluding hydrogens is 510 g/mol. The lowest BCUT2D eigenvalue weighted by Crippen LogP contribution is -2.29. The molecule has 0 bridgehead atoms. The topological polar surface area (TPSA) is 69.0 Å². The number of fused-ring (bicyclic) bond motifs is 1. The van der Waals surface area contributed by atoms with Gasteiger partial charge in [-0.05, 0) is 64.5 Å². The van der Waals surface area contributed by atoms with Gasteiger partial charge in [0.2, 0.25) is 11.2 Å². The average Bonchev–Trinajstić information content (AvgIpc) is 2.88. The summed E-state index contributed by atoms with van der Waals surface area (Å²) in [7, 11) is 0. The summed E-state index contributed by atoms with van der Waals surface area (Å²) in [4.78, 5) is 27.6. The third kappa shape index (κ3) is 4.81. The van der Waals surface area contributed by atoms with Crippen molar-refractivity contribution in [2.45, 2.75) is 0 Å². The number of hydrogen-bond acceptors (Lipinski definition) is 5. The van der Waals surface area contributed by atoms with E-state index in [0.717, 1.165) is 0 Å². The first-order valence-corrected chi connectivity index (χ1v) is 11.5. The van der Waals surface area contributed by atoms with Crippen molar-refractivity contribution in [3.8, 4) is 17.2 Å².